The van der Waals surface area contributed by atoms with Gasteiger partial charge in [0.15, 0.2) is 11.9 Å². The number of rotatable bonds is 2. The summed E-state index contributed by atoms with van der Waals surface area (Å²) in [6.07, 6.45) is 5.71. The molecular formula is C21H26N2O6S. The quantitative estimate of drug-likeness (QED) is 0.516. The van der Waals surface area contributed by atoms with E-state index in [0.717, 1.165) is 0 Å². The van der Waals surface area contributed by atoms with Gasteiger partial charge in [0, 0.05) is 24.7 Å². The molecule has 0 bridgehead atoms. The second-order valence-corrected chi connectivity index (χ2v) is 9.36. The lowest BCUT2D eigenvalue weighted by Crippen LogP contribution is -2.64. The van der Waals surface area contributed by atoms with Gasteiger partial charge in [0.05, 0.1) is 25.6 Å². The fourth-order valence-electron chi connectivity index (χ4n) is 6.04. The molecule has 2 heterocycles. The average molecular weight is 435 g/mol. The maximum absolute atomic E-state index is 13.8. The Bertz CT molecular complexity index is 886. The number of carbonyl (C=O) groups excluding carboxylic acids is 3. The summed E-state index contributed by atoms with van der Waals surface area (Å²) < 4.78 is 17.8. The third kappa shape index (κ3) is 3.05. The Morgan fingerprint density at radius 2 is 2.07 bits per heavy atom. The van der Waals surface area contributed by atoms with Crippen LogP contribution in [0, 0.1) is 28.6 Å². The molecule has 0 spiro atoms. The largest absolute Gasteiger partial charge is 0.469 e. The Kier molecular flexibility index (Phi) is 5.20. The molecule has 6 atom stereocenters. The lowest BCUT2D eigenvalue weighted by Gasteiger charge is -2.60. The smallest absolute Gasteiger partial charge is 0.309 e. The number of ketones is 1. The maximum atomic E-state index is 13.8. The minimum atomic E-state index is -0.893. The third-order valence-electron chi connectivity index (χ3n) is 7.55. The number of carbonyl (C=O) groups is 3. The summed E-state index contributed by atoms with van der Waals surface area (Å²) in [5, 5.41) is 0.0960. The van der Waals surface area contributed by atoms with E-state index in [9.17, 15) is 14.4 Å². The minimum absolute atomic E-state index is 0.0960. The van der Waals surface area contributed by atoms with Gasteiger partial charge in [0.1, 0.15) is 6.33 Å². The van der Waals surface area contributed by atoms with Gasteiger partial charge in [0.25, 0.3) is 5.17 Å². The Labute approximate surface area is 180 Å². The van der Waals surface area contributed by atoms with Crippen molar-refractivity contribution >= 4 is 35.1 Å². The number of nitrogens with zero attached hydrogens (tertiary/aromatic N) is 2. The molecule has 1 aromatic heterocycles. The van der Waals surface area contributed by atoms with Crippen molar-refractivity contribution in [2.75, 3.05) is 13.7 Å². The minimum Gasteiger partial charge on any atom is -0.469 e. The van der Waals surface area contributed by atoms with Crippen molar-refractivity contribution in [3.05, 3.63) is 18.7 Å². The average Bonchev–Trinajstić information content (AvgIpc) is 3.24. The first kappa shape index (κ1) is 21.0. The molecular weight excluding hydrogens is 408 g/mol. The van der Waals surface area contributed by atoms with Crippen LogP contribution in [0.1, 0.15) is 39.5 Å². The Hall–Kier alpha value is -2.29. The lowest BCUT2D eigenvalue weighted by atomic mass is 9.43. The van der Waals surface area contributed by atoms with Crippen molar-refractivity contribution in [3.8, 4) is 0 Å². The third-order valence-corrected chi connectivity index (χ3v) is 7.85. The van der Waals surface area contributed by atoms with E-state index in [1.807, 2.05) is 13.8 Å². The molecule has 0 aromatic carbocycles. The first-order valence-corrected chi connectivity index (χ1v) is 10.6. The highest BCUT2D eigenvalue weighted by Gasteiger charge is 2.66. The molecule has 1 aliphatic heterocycles. The van der Waals surface area contributed by atoms with E-state index in [1.165, 1.54) is 18.0 Å². The van der Waals surface area contributed by atoms with Gasteiger partial charge in [-0.25, -0.2) is 4.98 Å². The highest BCUT2D eigenvalue weighted by Crippen LogP contribution is 2.63. The van der Waals surface area contributed by atoms with Crippen LogP contribution in [0.3, 0.4) is 0 Å². The van der Waals surface area contributed by atoms with Crippen LogP contribution in [0.15, 0.2) is 18.7 Å². The molecule has 3 fully saturated rings. The Morgan fingerprint density at radius 1 is 1.30 bits per heavy atom. The zero-order chi connectivity index (χ0) is 21.7. The molecule has 8 nitrogen and oxygen atoms in total. The number of fused-ring (bicyclic) bond motifs is 3. The molecule has 0 N–H and O–H groups in total. The van der Waals surface area contributed by atoms with Gasteiger partial charge in [0.2, 0.25) is 0 Å². The topological polar surface area (TPSA) is 96.7 Å². The number of hydrogen-bond acceptors (Lipinski definition) is 8. The van der Waals surface area contributed by atoms with E-state index in [-0.39, 0.29) is 41.8 Å². The monoisotopic (exact) mass is 434 g/mol. The van der Waals surface area contributed by atoms with Crippen LogP contribution in [0.25, 0.3) is 0 Å². The summed E-state index contributed by atoms with van der Waals surface area (Å²) in [5.41, 5.74) is -1.23. The molecule has 1 unspecified atom stereocenters. The van der Waals surface area contributed by atoms with E-state index in [4.69, 9.17) is 26.4 Å². The molecule has 30 heavy (non-hydrogen) atoms. The first-order chi connectivity index (χ1) is 14.2. The van der Waals surface area contributed by atoms with Gasteiger partial charge in [-0.1, -0.05) is 13.8 Å². The molecule has 1 aromatic rings. The first-order valence-electron chi connectivity index (χ1n) is 10.2. The van der Waals surface area contributed by atoms with E-state index < -0.39 is 28.8 Å². The van der Waals surface area contributed by atoms with Crippen LogP contribution in [0.5, 0.6) is 0 Å². The van der Waals surface area contributed by atoms with Gasteiger partial charge in [-0.3, -0.25) is 19.0 Å². The SMILES string of the molecule is COC(=O)C1C[C@H](OC(=S)n2ccnc2)C(=O)[C@@H]2[C@@]3(C)CCOC(=O)[C@@H]3CC[C@@]12C. The number of thiocarbonyl (C=S) groups is 1. The summed E-state index contributed by atoms with van der Waals surface area (Å²) in [6, 6.07) is 0. The second kappa shape index (κ2) is 7.44. The van der Waals surface area contributed by atoms with Crippen LogP contribution in [-0.4, -0.2) is 52.3 Å². The molecule has 4 rings (SSSR count). The summed E-state index contributed by atoms with van der Waals surface area (Å²) in [6.45, 7) is 4.22. The van der Waals surface area contributed by atoms with E-state index >= 15 is 0 Å². The van der Waals surface area contributed by atoms with Crippen LogP contribution >= 0.6 is 12.2 Å². The van der Waals surface area contributed by atoms with Gasteiger partial charge in [-0.05, 0) is 42.3 Å². The predicted molar refractivity (Wildman–Crippen MR) is 108 cm³/mol. The number of ether oxygens (including phenoxy) is 3. The molecule has 3 aliphatic rings. The normalized spacial score (nSPS) is 38.1. The van der Waals surface area contributed by atoms with Gasteiger partial charge >= 0.3 is 11.9 Å². The van der Waals surface area contributed by atoms with Crippen LogP contribution < -0.4 is 0 Å². The second-order valence-electron chi connectivity index (χ2n) is 9.01. The van der Waals surface area contributed by atoms with E-state index in [1.54, 1.807) is 12.4 Å². The number of methoxy groups -OCH3 is 1. The molecule has 0 radical (unpaired) electrons. The highest BCUT2D eigenvalue weighted by atomic mass is 32.1. The fourth-order valence-corrected chi connectivity index (χ4v) is 6.26. The number of hydrogen-bond donors (Lipinski definition) is 0. The molecule has 2 aliphatic carbocycles. The van der Waals surface area contributed by atoms with Crippen molar-refractivity contribution in [1.29, 1.82) is 0 Å². The van der Waals surface area contributed by atoms with Crippen LogP contribution in [-0.2, 0) is 28.6 Å². The summed E-state index contributed by atoms with van der Waals surface area (Å²) in [5.74, 6) is -2.17. The Morgan fingerprint density at radius 3 is 2.73 bits per heavy atom. The molecule has 1 saturated heterocycles. The van der Waals surface area contributed by atoms with Gasteiger partial charge in [-0.15, -0.1) is 0 Å². The van der Waals surface area contributed by atoms with E-state index in [2.05, 4.69) is 4.98 Å². The zero-order valence-electron chi connectivity index (χ0n) is 17.3. The molecule has 9 heteroatoms. The van der Waals surface area contributed by atoms with Gasteiger partial charge in [-0.2, -0.15) is 0 Å². The summed E-state index contributed by atoms with van der Waals surface area (Å²) in [7, 11) is 1.36. The van der Waals surface area contributed by atoms with E-state index in [0.29, 0.717) is 19.3 Å². The number of cyclic esters (lactones) is 1. The standard InChI is InChI=1S/C21H26N2O6S/c1-20-5-4-12-18(26)28-9-6-21(12,2)16(20)15(24)14(10-13(20)17(25)27-3)29-19(30)23-8-7-22-11-23/h7-8,11-14,16H,4-6,9-10H2,1-3H3/t12-,13?,14-,16-,20-,21-/m0/s1. The van der Waals surface area contributed by atoms with Crippen molar-refractivity contribution in [3.63, 3.8) is 0 Å². The summed E-state index contributed by atoms with van der Waals surface area (Å²) in [4.78, 5) is 43.0. The van der Waals surface area contributed by atoms with Crippen molar-refractivity contribution in [1.82, 2.24) is 9.55 Å². The lowest BCUT2D eigenvalue weighted by molar-refractivity contribution is -0.198. The van der Waals surface area contributed by atoms with Crippen molar-refractivity contribution in [2.24, 2.45) is 28.6 Å². The van der Waals surface area contributed by atoms with Crippen molar-refractivity contribution in [2.45, 2.75) is 45.6 Å². The fraction of sp³-hybridized carbons (Fsp3) is 0.667. The number of esters is 2. The zero-order valence-corrected chi connectivity index (χ0v) is 18.1. The predicted octanol–water partition coefficient (Wildman–Crippen LogP) is 2.15. The van der Waals surface area contributed by atoms with Crippen molar-refractivity contribution < 1.29 is 28.6 Å². The molecule has 2 saturated carbocycles. The van der Waals surface area contributed by atoms with Crippen LogP contribution in [0.4, 0.5) is 0 Å². The van der Waals surface area contributed by atoms with Gasteiger partial charge < -0.3 is 14.2 Å². The number of Topliss-reactive ketones (excluding diaryl/α,β-unsaturated/α-hetero) is 1. The maximum Gasteiger partial charge on any atom is 0.309 e. The summed E-state index contributed by atoms with van der Waals surface area (Å²) >= 11 is 5.33. The van der Waals surface area contributed by atoms with Crippen LogP contribution in [0.2, 0.25) is 0 Å². The number of imidazole rings is 1. The highest BCUT2D eigenvalue weighted by molar-refractivity contribution is 7.80. The number of aromatic nitrogens is 2. The molecule has 162 valence electrons. The molecule has 0 amide bonds. The Balaban J connectivity index is 1.73.